The van der Waals surface area contributed by atoms with Gasteiger partial charge in [-0.15, -0.1) is 0 Å². The first-order chi connectivity index (χ1) is 12.1. The summed E-state index contributed by atoms with van der Waals surface area (Å²) in [5, 5.41) is 9.88. The van der Waals surface area contributed by atoms with Crippen molar-refractivity contribution in [3.8, 4) is 0 Å². The molecule has 0 spiro atoms. The molecule has 2 atom stereocenters. The fourth-order valence-corrected chi connectivity index (χ4v) is 3.59. The first-order valence-electron chi connectivity index (χ1n) is 10.5. The number of aliphatic hydroxyl groups is 1. The highest BCUT2D eigenvalue weighted by Crippen LogP contribution is 2.16. The summed E-state index contributed by atoms with van der Waals surface area (Å²) in [6.07, 6.45) is 20.0. The van der Waals surface area contributed by atoms with E-state index in [1.54, 1.807) is 0 Å². The topological polar surface area (TPSA) is 46.5 Å². The average Bonchev–Trinajstić information content (AvgIpc) is 2.63. The smallest absolute Gasteiger partial charge is 0.322 e. The maximum Gasteiger partial charge on any atom is 0.322 e. The van der Waals surface area contributed by atoms with Gasteiger partial charge in [0.1, 0.15) is 4.83 Å². The van der Waals surface area contributed by atoms with Gasteiger partial charge in [-0.2, -0.15) is 0 Å². The number of hydrogen-bond donors (Lipinski definition) is 1. The molecule has 0 aliphatic heterocycles. The molecule has 0 aromatic carbocycles. The Bertz CT molecular complexity index is 297. The molecule has 25 heavy (non-hydrogen) atoms. The van der Waals surface area contributed by atoms with Crippen LogP contribution in [-0.2, 0) is 9.53 Å². The van der Waals surface area contributed by atoms with Crippen LogP contribution in [0.2, 0.25) is 0 Å². The molecule has 3 nitrogen and oxygen atoms in total. The molecule has 0 amide bonds. The van der Waals surface area contributed by atoms with Crippen LogP contribution in [-0.4, -0.2) is 29.1 Å². The van der Waals surface area contributed by atoms with Crippen LogP contribution < -0.4 is 0 Å². The van der Waals surface area contributed by atoms with Crippen molar-refractivity contribution in [3.05, 3.63) is 0 Å². The molecule has 0 radical (unpaired) electrons. The molecular formula is C21H41BrO3. The SMILES string of the molecule is CCCCCCCCCCCCCCCCC[C@H](O)[C@H](Br)C(=O)OC. The molecular weight excluding hydrogens is 380 g/mol. The molecule has 0 unspecified atom stereocenters. The van der Waals surface area contributed by atoms with Gasteiger partial charge in [0.15, 0.2) is 0 Å². The molecule has 0 aromatic heterocycles. The van der Waals surface area contributed by atoms with Crippen molar-refractivity contribution in [2.24, 2.45) is 0 Å². The standard InChI is InChI=1S/C21H41BrO3/c1-3-4-5-6-7-8-9-10-11-12-13-14-15-16-17-18-19(23)20(22)21(24)25-2/h19-20,23H,3-18H2,1-2H3/t19-,20-/m0/s1. The molecule has 0 aliphatic rings. The van der Waals surface area contributed by atoms with E-state index < -0.39 is 16.9 Å². The lowest BCUT2D eigenvalue weighted by atomic mass is 10.0. The highest BCUT2D eigenvalue weighted by atomic mass is 79.9. The highest BCUT2D eigenvalue weighted by Gasteiger charge is 2.23. The molecule has 1 N–H and O–H groups in total. The molecule has 0 aromatic rings. The number of halogens is 1. The van der Waals surface area contributed by atoms with Crippen molar-refractivity contribution in [1.82, 2.24) is 0 Å². The number of ether oxygens (including phenoxy) is 1. The molecule has 4 heteroatoms. The number of methoxy groups -OCH3 is 1. The predicted molar refractivity (Wildman–Crippen MR) is 110 cm³/mol. The van der Waals surface area contributed by atoms with Crippen molar-refractivity contribution in [3.63, 3.8) is 0 Å². The molecule has 150 valence electrons. The second-order valence-electron chi connectivity index (χ2n) is 7.23. The van der Waals surface area contributed by atoms with Crippen LogP contribution >= 0.6 is 15.9 Å². The predicted octanol–water partition coefficient (Wildman–Crippen LogP) is 6.55. The number of unbranched alkanes of at least 4 members (excludes halogenated alkanes) is 14. The lowest BCUT2D eigenvalue weighted by Crippen LogP contribution is -2.29. The van der Waals surface area contributed by atoms with Gasteiger partial charge in [-0.25, -0.2) is 0 Å². The number of rotatable bonds is 18. The molecule has 0 saturated carbocycles. The monoisotopic (exact) mass is 420 g/mol. The van der Waals surface area contributed by atoms with Crippen LogP contribution in [0.25, 0.3) is 0 Å². The van der Waals surface area contributed by atoms with Gasteiger partial charge in [0.2, 0.25) is 0 Å². The Morgan fingerprint density at radius 1 is 0.800 bits per heavy atom. The number of carbonyl (C=O) groups excluding carboxylic acids is 1. The third kappa shape index (κ3) is 15.9. The minimum absolute atomic E-state index is 0.395. The summed E-state index contributed by atoms with van der Waals surface area (Å²) in [5.41, 5.74) is 0. The summed E-state index contributed by atoms with van der Waals surface area (Å²) in [6, 6.07) is 0. The lowest BCUT2D eigenvalue weighted by molar-refractivity contribution is -0.141. The molecule has 0 bridgehead atoms. The zero-order valence-corrected chi connectivity index (χ0v) is 18.2. The minimum atomic E-state index is -0.644. The second kappa shape index (κ2) is 18.7. The van der Waals surface area contributed by atoms with E-state index in [1.165, 1.54) is 90.6 Å². The van der Waals surface area contributed by atoms with Crippen LogP contribution in [0.1, 0.15) is 110 Å². The second-order valence-corrected chi connectivity index (χ2v) is 8.22. The summed E-state index contributed by atoms with van der Waals surface area (Å²) in [6.45, 7) is 2.27. The van der Waals surface area contributed by atoms with E-state index in [-0.39, 0.29) is 0 Å². The number of hydrogen-bond acceptors (Lipinski definition) is 3. The third-order valence-corrected chi connectivity index (χ3v) is 5.85. The Morgan fingerprint density at radius 3 is 1.52 bits per heavy atom. The van der Waals surface area contributed by atoms with E-state index in [0.29, 0.717) is 6.42 Å². The number of esters is 1. The first-order valence-corrected chi connectivity index (χ1v) is 11.4. The quantitative estimate of drug-likeness (QED) is 0.155. The zero-order valence-electron chi connectivity index (χ0n) is 16.6. The number of alkyl halides is 1. The summed E-state index contributed by atoms with van der Waals surface area (Å²) in [7, 11) is 1.34. The van der Waals surface area contributed by atoms with Gasteiger partial charge in [0.25, 0.3) is 0 Å². The van der Waals surface area contributed by atoms with Crippen molar-refractivity contribution < 1.29 is 14.6 Å². The molecule has 0 saturated heterocycles. The Kier molecular flexibility index (Phi) is 18.6. The molecule has 0 heterocycles. The van der Waals surface area contributed by atoms with Crippen LogP contribution in [0.15, 0.2) is 0 Å². The Balaban J connectivity index is 3.22. The van der Waals surface area contributed by atoms with E-state index in [0.717, 1.165) is 12.8 Å². The lowest BCUT2D eigenvalue weighted by Gasteiger charge is -2.14. The van der Waals surface area contributed by atoms with E-state index in [1.807, 2.05) is 0 Å². The first kappa shape index (κ1) is 24.9. The van der Waals surface area contributed by atoms with Gasteiger partial charge in [-0.3, -0.25) is 4.79 Å². The summed E-state index contributed by atoms with van der Waals surface area (Å²) >= 11 is 3.19. The van der Waals surface area contributed by atoms with Crippen molar-refractivity contribution in [1.29, 1.82) is 0 Å². The van der Waals surface area contributed by atoms with E-state index in [2.05, 4.69) is 27.6 Å². The van der Waals surface area contributed by atoms with Gasteiger partial charge in [0.05, 0.1) is 13.2 Å². The van der Waals surface area contributed by atoms with Crippen molar-refractivity contribution >= 4 is 21.9 Å². The van der Waals surface area contributed by atoms with Crippen LogP contribution in [0.3, 0.4) is 0 Å². The molecule has 0 rings (SSSR count). The Hall–Kier alpha value is -0.0900. The third-order valence-electron chi connectivity index (χ3n) is 4.87. The molecule has 0 fully saturated rings. The number of aliphatic hydroxyl groups excluding tert-OH is 1. The summed E-state index contributed by atoms with van der Waals surface area (Å²) < 4.78 is 4.62. The molecule has 0 aliphatic carbocycles. The normalized spacial score (nSPS) is 13.6. The zero-order chi connectivity index (χ0) is 18.8. The Labute approximate surface area is 164 Å². The van der Waals surface area contributed by atoms with Crippen LogP contribution in [0, 0.1) is 0 Å². The minimum Gasteiger partial charge on any atom is -0.468 e. The largest absolute Gasteiger partial charge is 0.468 e. The fourth-order valence-electron chi connectivity index (χ4n) is 3.14. The van der Waals surface area contributed by atoms with E-state index >= 15 is 0 Å². The van der Waals surface area contributed by atoms with Gasteiger partial charge in [-0.1, -0.05) is 119 Å². The Morgan fingerprint density at radius 2 is 1.16 bits per heavy atom. The van der Waals surface area contributed by atoms with Gasteiger partial charge < -0.3 is 9.84 Å². The average molecular weight is 421 g/mol. The fraction of sp³-hybridized carbons (Fsp3) is 0.952. The van der Waals surface area contributed by atoms with Crippen LogP contribution in [0.4, 0.5) is 0 Å². The van der Waals surface area contributed by atoms with Gasteiger partial charge in [-0.05, 0) is 6.42 Å². The van der Waals surface area contributed by atoms with Gasteiger partial charge >= 0.3 is 5.97 Å². The van der Waals surface area contributed by atoms with E-state index in [4.69, 9.17) is 0 Å². The van der Waals surface area contributed by atoms with E-state index in [9.17, 15) is 9.90 Å². The van der Waals surface area contributed by atoms with Crippen LogP contribution in [0.5, 0.6) is 0 Å². The number of carbonyl (C=O) groups is 1. The highest BCUT2D eigenvalue weighted by molar-refractivity contribution is 9.10. The maximum absolute atomic E-state index is 11.3. The van der Waals surface area contributed by atoms with Crippen molar-refractivity contribution in [2.45, 2.75) is 121 Å². The summed E-state index contributed by atoms with van der Waals surface area (Å²) in [4.78, 5) is 10.7. The van der Waals surface area contributed by atoms with Gasteiger partial charge in [0, 0.05) is 0 Å². The van der Waals surface area contributed by atoms with Crippen molar-refractivity contribution in [2.75, 3.05) is 7.11 Å². The maximum atomic E-state index is 11.3. The summed E-state index contributed by atoms with van der Waals surface area (Å²) in [5.74, 6) is -0.395.